The molecule has 192 valence electrons. The molecule has 0 amide bonds. The lowest BCUT2D eigenvalue weighted by Crippen LogP contribution is -2.32. The van der Waals surface area contributed by atoms with Gasteiger partial charge in [0.2, 0.25) is 6.10 Å². The number of nitrogens with zero attached hydrogens (tertiary/aromatic N) is 1. The van der Waals surface area contributed by atoms with Crippen LogP contribution in [0.2, 0.25) is 0 Å². The molecule has 1 aliphatic rings. The standard InChI is InChI=1S/C27H27F4NO4/c1-26(2)19(12-23(34-3)27(14-28,15-29)16-30)24(26)25(33)36-22(13-32)17-9-10-20(31)21(11-17)35-18-7-5-4-6-8-18/h4-12,19,22,24H,14-16H2,1-3H3/b23-12+. The van der Waals surface area contributed by atoms with E-state index in [2.05, 4.69) is 0 Å². The highest BCUT2D eigenvalue weighted by Crippen LogP contribution is 2.60. The molecule has 9 heteroatoms. The minimum Gasteiger partial charge on any atom is -0.501 e. The molecule has 1 fully saturated rings. The first-order valence-corrected chi connectivity index (χ1v) is 11.2. The fourth-order valence-electron chi connectivity index (χ4n) is 4.10. The third-order valence-corrected chi connectivity index (χ3v) is 6.59. The Bertz CT molecular complexity index is 1130. The average molecular weight is 506 g/mol. The number of carbonyl (C=O) groups is 1. The maximum Gasteiger partial charge on any atom is 0.311 e. The van der Waals surface area contributed by atoms with Crippen molar-refractivity contribution in [2.45, 2.75) is 20.0 Å². The fraction of sp³-hybridized carbons (Fsp3) is 0.407. The van der Waals surface area contributed by atoms with Crippen LogP contribution in [0.4, 0.5) is 17.6 Å². The monoisotopic (exact) mass is 505 g/mol. The molecule has 0 aromatic heterocycles. The van der Waals surface area contributed by atoms with Crippen LogP contribution in [0.3, 0.4) is 0 Å². The van der Waals surface area contributed by atoms with Crippen LogP contribution in [-0.4, -0.2) is 33.1 Å². The largest absolute Gasteiger partial charge is 0.501 e. The van der Waals surface area contributed by atoms with E-state index < -0.39 is 60.6 Å². The van der Waals surface area contributed by atoms with Gasteiger partial charge in [-0.3, -0.25) is 4.79 Å². The number of methoxy groups -OCH3 is 1. The van der Waals surface area contributed by atoms with Crippen molar-refractivity contribution in [3.63, 3.8) is 0 Å². The first-order chi connectivity index (χ1) is 17.2. The topological polar surface area (TPSA) is 68.5 Å². The average Bonchev–Trinajstić information content (AvgIpc) is 3.44. The van der Waals surface area contributed by atoms with Crippen LogP contribution in [0, 0.1) is 39.8 Å². The van der Waals surface area contributed by atoms with Gasteiger partial charge < -0.3 is 14.2 Å². The number of esters is 1. The molecule has 36 heavy (non-hydrogen) atoms. The van der Waals surface area contributed by atoms with Crippen molar-refractivity contribution in [1.29, 1.82) is 5.26 Å². The Kier molecular flexibility index (Phi) is 8.28. The Morgan fingerprint density at radius 1 is 1.14 bits per heavy atom. The van der Waals surface area contributed by atoms with Crippen LogP contribution in [0.5, 0.6) is 11.5 Å². The molecule has 0 N–H and O–H groups in total. The predicted octanol–water partition coefficient (Wildman–Crippen LogP) is 6.42. The lowest BCUT2D eigenvalue weighted by Gasteiger charge is -2.26. The van der Waals surface area contributed by atoms with Crippen LogP contribution in [0.25, 0.3) is 0 Å². The highest BCUT2D eigenvalue weighted by molar-refractivity contribution is 5.78. The van der Waals surface area contributed by atoms with Crippen molar-refractivity contribution in [3.8, 4) is 17.6 Å². The van der Waals surface area contributed by atoms with Crippen LogP contribution in [0.1, 0.15) is 25.5 Å². The van der Waals surface area contributed by atoms with Crippen LogP contribution < -0.4 is 4.74 Å². The first-order valence-electron chi connectivity index (χ1n) is 11.2. The molecule has 0 aliphatic heterocycles. The third-order valence-electron chi connectivity index (χ3n) is 6.59. The Morgan fingerprint density at radius 3 is 2.33 bits per heavy atom. The van der Waals surface area contributed by atoms with E-state index in [-0.39, 0.29) is 17.1 Å². The molecule has 1 saturated carbocycles. The second-order valence-corrected chi connectivity index (χ2v) is 9.29. The number of carbonyl (C=O) groups excluding carboxylic acids is 1. The summed E-state index contributed by atoms with van der Waals surface area (Å²) < 4.78 is 70.9. The summed E-state index contributed by atoms with van der Waals surface area (Å²) in [7, 11) is 1.18. The molecule has 0 heterocycles. The molecule has 2 aromatic rings. The molecule has 3 unspecified atom stereocenters. The molecule has 0 bridgehead atoms. The van der Waals surface area contributed by atoms with Gasteiger partial charge in [-0.15, -0.1) is 0 Å². The Balaban J connectivity index is 1.79. The van der Waals surface area contributed by atoms with Crippen LogP contribution >= 0.6 is 0 Å². The van der Waals surface area contributed by atoms with Gasteiger partial charge in [0.25, 0.3) is 0 Å². The van der Waals surface area contributed by atoms with Gasteiger partial charge in [0.05, 0.1) is 13.0 Å². The molecule has 1 aliphatic carbocycles. The maximum absolute atomic E-state index is 14.3. The number of alkyl halides is 3. The zero-order valence-corrected chi connectivity index (χ0v) is 20.1. The minimum absolute atomic E-state index is 0.146. The quantitative estimate of drug-likeness (QED) is 0.200. The lowest BCUT2D eigenvalue weighted by atomic mass is 9.89. The number of benzene rings is 2. The summed E-state index contributed by atoms with van der Waals surface area (Å²) in [5.74, 6) is -2.71. The Morgan fingerprint density at radius 2 is 1.78 bits per heavy atom. The van der Waals surface area contributed by atoms with Crippen LogP contribution in [0.15, 0.2) is 60.4 Å². The van der Waals surface area contributed by atoms with E-state index in [4.69, 9.17) is 14.2 Å². The number of hydrogen-bond donors (Lipinski definition) is 0. The van der Waals surface area contributed by atoms with Gasteiger partial charge in [0.15, 0.2) is 11.6 Å². The van der Waals surface area contributed by atoms with Gasteiger partial charge in [-0.25, -0.2) is 17.6 Å². The molecule has 0 saturated heterocycles. The minimum atomic E-state index is -2.07. The second kappa shape index (κ2) is 11.0. The summed E-state index contributed by atoms with van der Waals surface area (Å²) in [6, 6.07) is 14.0. The van der Waals surface area contributed by atoms with E-state index in [9.17, 15) is 27.6 Å². The van der Waals surface area contributed by atoms with Gasteiger partial charge in [-0.05, 0) is 35.8 Å². The third kappa shape index (κ3) is 5.32. The highest BCUT2D eigenvalue weighted by atomic mass is 19.2. The van der Waals surface area contributed by atoms with E-state index in [0.29, 0.717) is 5.75 Å². The van der Waals surface area contributed by atoms with Crippen molar-refractivity contribution in [2.24, 2.45) is 22.7 Å². The number of para-hydroxylation sites is 1. The molecule has 2 aromatic carbocycles. The zero-order chi connectivity index (χ0) is 26.5. The summed E-state index contributed by atoms with van der Waals surface area (Å²) in [6.07, 6.45) is -0.00351. The van der Waals surface area contributed by atoms with Crippen molar-refractivity contribution >= 4 is 5.97 Å². The first kappa shape index (κ1) is 27.1. The zero-order valence-electron chi connectivity index (χ0n) is 20.1. The van der Waals surface area contributed by atoms with Crippen molar-refractivity contribution in [3.05, 3.63) is 71.7 Å². The van der Waals surface area contributed by atoms with E-state index in [1.54, 1.807) is 44.2 Å². The van der Waals surface area contributed by atoms with E-state index in [0.717, 1.165) is 6.07 Å². The molecule has 3 atom stereocenters. The summed E-state index contributed by atoms with van der Waals surface area (Å²) in [5.41, 5.74) is -2.56. The highest BCUT2D eigenvalue weighted by Gasteiger charge is 2.62. The molecular weight excluding hydrogens is 478 g/mol. The second-order valence-electron chi connectivity index (χ2n) is 9.29. The Hall–Kier alpha value is -3.54. The SMILES string of the molecule is CO/C(=C/C1C(C(=O)OC(C#N)c2ccc(F)c(Oc3ccccc3)c2)C1(C)C)C(CF)(CF)CF. The molecule has 3 rings (SSSR count). The summed E-state index contributed by atoms with van der Waals surface area (Å²) in [6.45, 7) is -0.454. The molecule has 0 radical (unpaired) electrons. The van der Waals surface area contributed by atoms with Gasteiger partial charge in [-0.2, -0.15) is 5.26 Å². The van der Waals surface area contributed by atoms with Gasteiger partial charge >= 0.3 is 5.97 Å². The van der Waals surface area contributed by atoms with E-state index >= 15 is 0 Å². The Labute approximate surface area is 207 Å². The van der Waals surface area contributed by atoms with E-state index in [1.165, 1.54) is 25.3 Å². The smallest absolute Gasteiger partial charge is 0.311 e. The number of allylic oxidation sites excluding steroid dienone is 2. The van der Waals surface area contributed by atoms with Crippen molar-refractivity contribution in [2.75, 3.05) is 27.1 Å². The van der Waals surface area contributed by atoms with Crippen molar-refractivity contribution < 1.29 is 36.6 Å². The van der Waals surface area contributed by atoms with Crippen molar-refractivity contribution in [1.82, 2.24) is 0 Å². The normalized spacial score (nSPS) is 19.7. The summed E-state index contributed by atoms with van der Waals surface area (Å²) >= 11 is 0. The van der Waals surface area contributed by atoms with Gasteiger partial charge in [0.1, 0.15) is 43.0 Å². The van der Waals surface area contributed by atoms with Crippen LogP contribution in [-0.2, 0) is 14.3 Å². The number of halogens is 4. The molecule has 5 nitrogen and oxygen atoms in total. The summed E-state index contributed by atoms with van der Waals surface area (Å²) in [4.78, 5) is 13.0. The number of ether oxygens (including phenoxy) is 3. The number of hydrogen-bond acceptors (Lipinski definition) is 5. The molecule has 0 spiro atoms. The number of nitriles is 1. The fourth-order valence-corrected chi connectivity index (χ4v) is 4.10. The van der Waals surface area contributed by atoms with E-state index in [1.807, 2.05) is 6.07 Å². The number of rotatable bonds is 11. The summed E-state index contributed by atoms with van der Waals surface area (Å²) in [5, 5.41) is 9.64. The van der Waals surface area contributed by atoms with Gasteiger partial charge in [0, 0.05) is 11.5 Å². The van der Waals surface area contributed by atoms with Gasteiger partial charge in [-0.1, -0.05) is 38.1 Å². The maximum atomic E-state index is 14.3. The predicted molar refractivity (Wildman–Crippen MR) is 124 cm³/mol. The molecular formula is C27H27F4NO4. The lowest BCUT2D eigenvalue weighted by molar-refractivity contribution is -0.149.